The van der Waals surface area contributed by atoms with Crippen LogP contribution in [0.3, 0.4) is 0 Å². The van der Waals surface area contributed by atoms with Crippen LogP contribution in [0.5, 0.6) is 5.75 Å². The molecule has 27 heavy (non-hydrogen) atoms. The summed E-state index contributed by atoms with van der Waals surface area (Å²) >= 11 is 0. The molecule has 1 heterocycles. The smallest absolute Gasteiger partial charge is 0.338 e. The van der Waals surface area contributed by atoms with Crippen LogP contribution in [-0.4, -0.2) is 41.6 Å². The molecule has 2 aromatic carbocycles. The lowest BCUT2D eigenvalue weighted by Gasteiger charge is -2.34. The summed E-state index contributed by atoms with van der Waals surface area (Å²) < 4.78 is 5.21. The first-order valence-electron chi connectivity index (χ1n) is 9.26. The van der Waals surface area contributed by atoms with Crippen LogP contribution in [0.25, 0.3) is 11.1 Å². The molecule has 0 unspecified atom stereocenters. The van der Waals surface area contributed by atoms with Crippen molar-refractivity contribution in [2.45, 2.75) is 20.3 Å². The predicted molar refractivity (Wildman–Crippen MR) is 103 cm³/mol. The molecule has 0 bridgehead atoms. The zero-order valence-electron chi connectivity index (χ0n) is 15.7. The predicted octanol–water partition coefficient (Wildman–Crippen LogP) is 3.72. The molecule has 0 radical (unpaired) electrons. The van der Waals surface area contributed by atoms with Crippen LogP contribution in [0.4, 0.5) is 0 Å². The summed E-state index contributed by atoms with van der Waals surface area (Å²) in [6.07, 6.45) is 1.12. The van der Waals surface area contributed by atoms with Crippen molar-refractivity contribution < 1.29 is 19.4 Å². The van der Waals surface area contributed by atoms with Gasteiger partial charge in [0.2, 0.25) is 0 Å². The summed E-state index contributed by atoms with van der Waals surface area (Å²) in [7, 11) is 0. The highest BCUT2D eigenvalue weighted by atomic mass is 16.5. The van der Waals surface area contributed by atoms with E-state index in [-0.39, 0.29) is 18.3 Å². The fourth-order valence-electron chi connectivity index (χ4n) is 3.62. The lowest BCUT2D eigenvalue weighted by atomic mass is 9.92. The molecule has 1 aliphatic heterocycles. The average molecular weight is 367 g/mol. The fourth-order valence-corrected chi connectivity index (χ4v) is 3.62. The molecule has 2 aromatic rings. The Labute approximate surface area is 159 Å². The van der Waals surface area contributed by atoms with Gasteiger partial charge in [-0.25, -0.2) is 4.79 Å². The Kier molecular flexibility index (Phi) is 5.79. The molecule has 1 saturated heterocycles. The largest absolute Gasteiger partial charge is 0.508 e. The summed E-state index contributed by atoms with van der Waals surface area (Å²) in [6.45, 7) is 5.50. The lowest BCUT2D eigenvalue weighted by molar-refractivity contribution is -0.137. The number of likely N-dealkylation sites (tertiary alicyclic amines) is 1. The third-order valence-corrected chi connectivity index (χ3v) is 4.87. The SMILES string of the molecule is C[C@@H]1C[C@H](C)CN(C(=O)COC(=O)c2ccc(-c3ccc(O)cc3)cc2)C1. The summed E-state index contributed by atoms with van der Waals surface area (Å²) in [5, 5.41) is 9.36. The van der Waals surface area contributed by atoms with Gasteiger partial charge in [-0.1, -0.05) is 38.1 Å². The number of piperidine rings is 1. The van der Waals surface area contributed by atoms with Crippen molar-refractivity contribution in [1.29, 1.82) is 0 Å². The molecule has 1 aliphatic rings. The summed E-state index contributed by atoms with van der Waals surface area (Å²) in [5.41, 5.74) is 2.28. The molecule has 0 spiro atoms. The normalized spacial score (nSPS) is 19.6. The van der Waals surface area contributed by atoms with E-state index in [1.165, 1.54) is 0 Å². The number of rotatable bonds is 4. The highest BCUT2D eigenvalue weighted by Gasteiger charge is 2.26. The Morgan fingerprint density at radius 2 is 1.48 bits per heavy atom. The zero-order chi connectivity index (χ0) is 19.4. The Morgan fingerprint density at radius 1 is 0.963 bits per heavy atom. The molecule has 142 valence electrons. The number of phenols is 1. The number of aromatic hydroxyl groups is 1. The second kappa shape index (κ2) is 8.25. The molecule has 0 saturated carbocycles. The molecule has 1 fully saturated rings. The summed E-state index contributed by atoms with van der Waals surface area (Å²) in [5.74, 6) is 0.518. The minimum absolute atomic E-state index is 0.137. The van der Waals surface area contributed by atoms with Crippen molar-refractivity contribution >= 4 is 11.9 Å². The maximum Gasteiger partial charge on any atom is 0.338 e. The van der Waals surface area contributed by atoms with Crippen LogP contribution in [0.2, 0.25) is 0 Å². The second-order valence-electron chi connectivity index (χ2n) is 7.45. The molecule has 2 atom stereocenters. The number of esters is 1. The van der Waals surface area contributed by atoms with E-state index in [2.05, 4.69) is 13.8 Å². The van der Waals surface area contributed by atoms with Gasteiger partial charge < -0.3 is 14.7 Å². The number of phenolic OH excluding ortho intramolecular Hbond substituents is 1. The molecule has 3 rings (SSSR count). The minimum Gasteiger partial charge on any atom is -0.508 e. The Bertz CT molecular complexity index is 788. The Hall–Kier alpha value is -2.82. The van der Waals surface area contributed by atoms with Gasteiger partial charge in [-0.2, -0.15) is 0 Å². The van der Waals surface area contributed by atoms with Crippen molar-refractivity contribution in [1.82, 2.24) is 4.90 Å². The van der Waals surface area contributed by atoms with E-state index in [4.69, 9.17) is 4.74 Å². The summed E-state index contributed by atoms with van der Waals surface area (Å²) in [4.78, 5) is 26.3. The molecular formula is C22H25NO4. The molecule has 0 aliphatic carbocycles. The second-order valence-corrected chi connectivity index (χ2v) is 7.45. The Morgan fingerprint density at radius 3 is 2.04 bits per heavy atom. The van der Waals surface area contributed by atoms with Crippen molar-refractivity contribution in [3.8, 4) is 16.9 Å². The highest BCUT2D eigenvalue weighted by molar-refractivity contribution is 5.91. The van der Waals surface area contributed by atoms with Crippen LogP contribution < -0.4 is 0 Å². The maximum atomic E-state index is 12.3. The van der Waals surface area contributed by atoms with E-state index in [1.807, 2.05) is 24.3 Å². The molecular weight excluding hydrogens is 342 g/mol. The van der Waals surface area contributed by atoms with Crippen LogP contribution in [0.1, 0.15) is 30.6 Å². The molecule has 1 N–H and O–H groups in total. The zero-order valence-corrected chi connectivity index (χ0v) is 15.7. The van der Waals surface area contributed by atoms with Crippen LogP contribution in [0.15, 0.2) is 48.5 Å². The van der Waals surface area contributed by atoms with Crippen LogP contribution >= 0.6 is 0 Å². The number of ether oxygens (including phenoxy) is 1. The third-order valence-electron chi connectivity index (χ3n) is 4.87. The third kappa shape index (κ3) is 4.88. The first kappa shape index (κ1) is 19.0. The van der Waals surface area contributed by atoms with E-state index in [0.717, 1.165) is 30.6 Å². The topological polar surface area (TPSA) is 66.8 Å². The first-order valence-corrected chi connectivity index (χ1v) is 9.26. The number of carbonyl (C=O) groups excluding carboxylic acids is 2. The Balaban J connectivity index is 1.56. The maximum absolute atomic E-state index is 12.3. The van der Waals surface area contributed by atoms with Gasteiger partial charge in [-0.3, -0.25) is 4.79 Å². The number of hydrogen-bond donors (Lipinski definition) is 1. The van der Waals surface area contributed by atoms with Gasteiger partial charge in [-0.15, -0.1) is 0 Å². The number of carbonyl (C=O) groups is 2. The van der Waals surface area contributed by atoms with Crippen LogP contribution in [-0.2, 0) is 9.53 Å². The van der Waals surface area contributed by atoms with Crippen LogP contribution in [0, 0.1) is 11.8 Å². The first-order chi connectivity index (χ1) is 12.9. The number of benzene rings is 2. The number of hydrogen-bond acceptors (Lipinski definition) is 4. The van der Waals surface area contributed by atoms with Gasteiger partial charge in [0.15, 0.2) is 6.61 Å². The van der Waals surface area contributed by atoms with Crippen molar-refractivity contribution in [2.24, 2.45) is 11.8 Å². The quantitative estimate of drug-likeness (QED) is 0.837. The number of nitrogens with zero attached hydrogens (tertiary/aromatic N) is 1. The summed E-state index contributed by atoms with van der Waals surface area (Å²) in [6, 6.07) is 13.8. The van der Waals surface area contributed by atoms with Crippen molar-refractivity contribution in [2.75, 3.05) is 19.7 Å². The van der Waals surface area contributed by atoms with E-state index in [1.54, 1.807) is 29.2 Å². The van der Waals surface area contributed by atoms with Gasteiger partial charge in [-0.05, 0) is 53.6 Å². The molecule has 0 aromatic heterocycles. The van der Waals surface area contributed by atoms with Crippen molar-refractivity contribution in [3.05, 3.63) is 54.1 Å². The lowest BCUT2D eigenvalue weighted by Crippen LogP contribution is -2.44. The van der Waals surface area contributed by atoms with E-state index in [0.29, 0.717) is 17.4 Å². The minimum atomic E-state index is -0.501. The average Bonchev–Trinajstić information content (AvgIpc) is 2.66. The van der Waals surface area contributed by atoms with Gasteiger partial charge in [0.1, 0.15) is 5.75 Å². The van der Waals surface area contributed by atoms with Crippen molar-refractivity contribution in [3.63, 3.8) is 0 Å². The standard InChI is InChI=1S/C22H25NO4/c1-15-11-16(2)13-23(12-15)21(25)14-27-22(26)19-5-3-17(4-6-19)18-7-9-20(24)10-8-18/h3-10,15-16,24H,11-14H2,1-2H3/t15-,16+. The highest BCUT2D eigenvalue weighted by Crippen LogP contribution is 2.23. The van der Waals surface area contributed by atoms with E-state index >= 15 is 0 Å². The van der Waals surface area contributed by atoms with Gasteiger partial charge in [0.05, 0.1) is 5.56 Å². The van der Waals surface area contributed by atoms with Gasteiger partial charge in [0.25, 0.3) is 5.91 Å². The molecule has 5 nitrogen and oxygen atoms in total. The van der Waals surface area contributed by atoms with Gasteiger partial charge >= 0.3 is 5.97 Å². The van der Waals surface area contributed by atoms with Gasteiger partial charge in [0, 0.05) is 13.1 Å². The van der Waals surface area contributed by atoms with E-state index in [9.17, 15) is 14.7 Å². The molecule has 5 heteroatoms. The number of amides is 1. The monoisotopic (exact) mass is 367 g/mol. The molecule has 1 amide bonds. The van der Waals surface area contributed by atoms with E-state index < -0.39 is 5.97 Å². The fraction of sp³-hybridized carbons (Fsp3) is 0.364.